The molecule has 0 spiro atoms. The predicted molar refractivity (Wildman–Crippen MR) is 56.4 cm³/mol. The normalized spacial score (nSPS) is 33.7. The van der Waals surface area contributed by atoms with Crippen molar-refractivity contribution in [2.24, 2.45) is 0 Å². The van der Waals surface area contributed by atoms with Crippen molar-refractivity contribution < 1.29 is 24.5 Å². The van der Waals surface area contributed by atoms with E-state index in [1.54, 1.807) is 0 Å². The summed E-state index contributed by atoms with van der Waals surface area (Å²) in [5.41, 5.74) is 0. The fourth-order valence-electron chi connectivity index (χ4n) is 2.20. The van der Waals surface area contributed by atoms with E-state index in [4.69, 9.17) is 9.84 Å². The Labute approximate surface area is 98.3 Å². The lowest BCUT2D eigenvalue weighted by Gasteiger charge is -2.29. The summed E-state index contributed by atoms with van der Waals surface area (Å²) in [5, 5.41) is 21.5. The quantitative estimate of drug-likeness (QED) is 0.520. The van der Waals surface area contributed by atoms with Crippen LogP contribution in [0.4, 0.5) is 0 Å². The van der Waals surface area contributed by atoms with Crippen molar-refractivity contribution in [3.05, 3.63) is 0 Å². The Bertz CT molecular complexity index is 316. The number of carbonyl (C=O) groups is 2. The molecule has 17 heavy (non-hydrogen) atoms. The zero-order valence-electron chi connectivity index (χ0n) is 9.33. The number of carboxylic acid groups (broad SMARTS) is 1. The fraction of sp³-hybridized carbons (Fsp3) is 0.800. The summed E-state index contributed by atoms with van der Waals surface area (Å²) < 4.78 is 5.29. The van der Waals surface area contributed by atoms with Crippen LogP contribution in [0.5, 0.6) is 0 Å². The number of ether oxygens (including phenoxy) is 1. The number of β-amino-alcohol motifs (C(OH)–C–C–N with tert-alkyl or cyclic N) is 1. The molecule has 0 aliphatic carbocycles. The van der Waals surface area contributed by atoms with Gasteiger partial charge in [0.1, 0.15) is 12.1 Å². The van der Waals surface area contributed by atoms with Gasteiger partial charge in [0, 0.05) is 26.1 Å². The molecule has 2 fully saturated rings. The fourth-order valence-corrected chi connectivity index (χ4v) is 2.20. The molecule has 0 saturated carbocycles. The molecule has 0 aromatic heterocycles. The molecule has 2 rings (SSSR count). The molecule has 7 heteroatoms. The van der Waals surface area contributed by atoms with E-state index < -0.39 is 24.2 Å². The van der Waals surface area contributed by atoms with Gasteiger partial charge in [-0.2, -0.15) is 0 Å². The van der Waals surface area contributed by atoms with Crippen LogP contribution in [0.2, 0.25) is 0 Å². The number of hydrogen-bond acceptors (Lipinski definition) is 5. The number of carboxylic acids is 1. The maximum Gasteiger partial charge on any atom is 0.326 e. The van der Waals surface area contributed by atoms with Crippen LogP contribution in [0.25, 0.3) is 0 Å². The van der Waals surface area contributed by atoms with Crippen molar-refractivity contribution in [2.75, 3.05) is 26.2 Å². The van der Waals surface area contributed by atoms with Gasteiger partial charge in [-0.1, -0.05) is 0 Å². The number of rotatable bonds is 2. The van der Waals surface area contributed by atoms with Gasteiger partial charge in [0.05, 0.1) is 12.7 Å². The topological polar surface area (TPSA) is 99.1 Å². The first-order valence-electron chi connectivity index (χ1n) is 5.63. The number of hydrogen-bond donors (Lipinski definition) is 3. The molecule has 96 valence electrons. The minimum Gasteiger partial charge on any atom is -0.480 e. The zero-order valence-corrected chi connectivity index (χ0v) is 9.33. The van der Waals surface area contributed by atoms with E-state index in [0.29, 0.717) is 19.7 Å². The summed E-state index contributed by atoms with van der Waals surface area (Å²) in [6, 6.07) is -0.942. The van der Waals surface area contributed by atoms with E-state index in [1.165, 1.54) is 4.90 Å². The van der Waals surface area contributed by atoms with E-state index in [9.17, 15) is 14.7 Å². The molecule has 2 aliphatic rings. The Hall–Kier alpha value is -1.18. The second-order valence-electron chi connectivity index (χ2n) is 4.30. The second kappa shape index (κ2) is 4.99. The van der Waals surface area contributed by atoms with Gasteiger partial charge >= 0.3 is 5.97 Å². The zero-order chi connectivity index (χ0) is 12.4. The highest BCUT2D eigenvalue weighted by Gasteiger charge is 2.41. The van der Waals surface area contributed by atoms with Crippen LogP contribution in [0.1, 0.15) is 6.42 Å². The standard InChI is InChI=1S/C10H16N2O5/c13-6-3-7(10(15)16)12(5-6)9(14)8-4-11-1-2-17-8/h6-8,11,13H,1-5H2,(H,15,16)/t6-,7+,8?/m1/s1. The highest BCUT2D eigenvalue weighted by Crippen LogP contribution is 2.20. The van der Waals surface area contributed by atoms with Gasteiger partial charge in [-0.05, 0) is 0 Å². The summed E-state index contributed by atoms with van der Waals surface area (Å²) in [6.07, 6.45) is -1.33. The minimum absolute atomic E-state index is 0.0651. The average molecular weight is 244 g/mol. The smallest absolute Gasteiger partial charge is 0.326 e. The number of aliphatic carboxylic acids is 1. The first-order valence-corrected chi connectivity index (χ1v) is 5.63. The van der Waals surface area contributed by atoms with E-state index in [-0.39, 0.29) is 18.9 Å². The van der Waals surface area contributed by atoms with E-state index in [2.05, 4.69) is 5.32 Å². The van der Waals surface area contributed by atoms with Gasteiger partial charge in [-0.25, -0.2) is 4.79 Å². The predicted octanol–water partition coefficient (Wildman–Crippen LogP) is -1.98. The summed E-state index contributed by atoms with van der Waals surface area (Å²) in [4.78, 5) is 24.2. The van der Waals surface area contributed by atoms with E-state index >= 15 is 0 Å². The lowest BCUT2D eigenvalue weighted by molar-refractivity contribution is -0.154. The van der Waals surface area contributed by atoms with Gasteiger partial charge < -0.3 is 25.2 Å². The molecule has 2 heterocycles. The Balaban J connectivity index is 2.04. The molecular formula is C10H16N2O5. The van der Waals surface area contributed by atoms with Crippen LogP contribution in [-0.4, -0.2) is 71.5 Å². The van der Waals surface area contributed by atoms with E-state index in [0.717, 1.165) is 0 Å². The SMILES string of the molecule is O=C(O)[C@@H]1C[C@@H](O)CN1C(=O)C1CNCCO1. The van der Waals surface area contributed by atoms with E-state index in [1.807, 2.05) is 0 Å². The third-order valence-corrected chi connectivity index (χ3v) is 3.05. The van der Waals surface area contributed by atoms with Crippen LogP contribution >= 0.6 is 0 Å². The van der Waals surface area contributed by atoms with Crippen LogP contribution in [-0.2, 0) is 14.3 Å². The number of aliphatic hydroxyl groups excluding tert-OH is 1. The third kappa shape index (κ3) is 2.56. The van der Waals surface area contributed by atoms with Crippen molar-refractivity contribution in [3.63, 3.8) is 0 Å². The average Bonchev–Trinajstić information content (AvgIpc) is 2.72. The van der Waals surface area contributed by atoms with Crippen molar-refractivity contribution in [3.8, 4) is 0 Å². The molecule has 0 aromatic rings. The summed E-state index contributed by atoms with van der Waals surface area (Å²) >= 11 is 0. The van der Waals surface area contributed by atoms with Crippen LogP contribution in [0.15, 0.2) is 0 Å². The number of likely N-dealkylation sites (tertiary alicyclic amines) is 1. The number of aliphatic hydroxyl groups is 1. The molecule has 0 bridgehead atoms. The van der Waals surface area contributed by atoms with Crippen molar-refractivity contribution in [1.82, 2.24) is 10.2 Å². The molecule has 1 unspecified atom stereocenters. The monoisotopic (exact) mass is 244 g/mol. The van der Waals surface area contributed by atoms with Crippen LogP contribution in [0.3, 0.4) is 0 Å². The molecule has 0 radical (unpaired) electrons. The highest BCUT2D eigenvalue weighted by molar-refractivity contribution is 5.87. The molecule has 1 amide bonds. The molecule has 0 aromatic carbocycles. The maximum atomic E-state index is 12.0. The molecule has 2 aliphatic heterocycles. The Kier molecular flexibility index (Phi) is 3.60. The summed E-state index contributed by atoms with van der Waals surface area (Å²) in [6.45, 7) is 1.58. The van der Waals surface area contributed by atoms with Gasteiger partial charge in [0.15, 0.2) is 0 Å². The van der Waals surface area contributed by atoms with Gasteiger partial charge in [-0.15, -0.1) is 0 Å². The number of morpholine rings is 1. The minimum atomic E-state index is -1.08. The van der Waals surface area contributed by atoms with Crippen molar-refractivity contribution >= 4 is 11.9 Å². The summed E-state index contributed by atoms with van der Waals surface area (Å²) in [7, 11) is 0. The Morgan fingerprint density at radius 2 is 2.18 bits per heavy atom. The third-order valence-electron chi connectivity index (χ3n) is 3.05. The van der Waals surface area contributed by atoms with Crippen LogP contribution < -0.4 is 5.32 Å². The largest absolute Gasteiger partial charge is 0.480 e. The Morgan fingerprint density at radius 1 is 1.41 bits per heavy atom. The van der Waals surface area contributed by atoms with Crippen molar-refractivity contribution in [2.45, 2.75) is 24.7 Å². The number of nitrogens with zero attached hydrogens (tertiary/aromatic N) is 1. The second-order valence-corrected chi connectivity index (χ2v) is 4.30. The molecule has 7 nitrogen and oxygen atoms in total. The molecule has 2 saturated heterocycles. The van der Waals surface area contributed by atoms with Gasteiger partial charge in [0.2, 0.25) is 0 Å². The Morgan fingerprint density at radius 3 is 2.76 bits per heavy atom. The van der Waals surface area contributed by atoms with Crippen LogP contribution in [0, 0.1) is 0 Å². The number of amides is 1. The number of nitrogens with one attached hydrogen (secondary N) is 1. The first-order chi connectivity index (χ1) is 8.09. The van der Waals surface area contributed by atoms with Crippen molar-refractivity contribution in [1.29, 1.82) is 0 Å². The van der Waals surface area contributed by atoms with Gasteiger partial charge in [0.25, 0.3) is 5.91 Å². The van der Waals surface area contributed by atoms with Gasteiger partial charge in [-0.3, -0.25) is 4.79 Å². The highest BCUT2D eigenvalue weighted by atomic mass is 16.5. The number of carbonyl (C=O) groups excluding carboxylic acids is 1. The first kappa shape index (κ1) is 12.3. The lowest BCUT2D eigenvalue weighted by atomic mass is 10.2. The summed E-state index contributed by atoms with van der Waals surface area (Å²) in [5.74, 6) is -1.44. The molecule has 3 N–H and O–H groups in total. The maximum absolute atomic E-state index is 12.0. The molecular weight excluding hydrogens is 228 g/mol. The lowest BCUT2D eigenvalue weighted by Crippen LogP contribution is -2.52. The molecule has 3 atom stereocenters.